The molecule has 3 aromatic heterocycles. The molecule has 1 aliphatic heterocycles. The SMILES string of the molecule is Cc1nc(-c2c(C)noc2C)cc(C2CCN(Cc3ccncc3C)CC2)n1. The molecule has 0 atom stereocenters. The van der Waals surface area contributed by atoms with Gasteiger partial charge >= 0.3 is 0 Å². The summed E-state index contributed by atoms with van der Waals surface area (Å²) < 4.78 is 5.33. The van der Waals surface area contributed by atoms with E-state index in [0.717, 1.165) is 66.7 Å². The van der Waals surface area contributed by atoms with Crippen LogP contribution in [-0.4, -0.2) is 38.1 Å². The molecule has 6 heteroatoms. The first-order chi connectivity index (χ1) is 13.5. The highest BCUT2D eigenvalue weighted by molar-refractivity contribution is 5.64. The molecule has 4 rings (SSSR count). The first kappa shape index (κ1) is 18.7. The molecule has 1 aliphatic rings. The molecule has 0 N–H and O–H groups in total. The lowest BCUT2D eigenvalue weighted by Gasteiger charge is -2.32. The number of aryl methyl sites for hydroxylation is 4. The zero-order chi connectivity index (χ0) is 19.7. The number of piperidine rings is 1. The molecule has 4 heterocycles. The van der Waals surface area contributed by atoms with Gasteiger partial charge in [0.25, 0.3) is 0 Å². The van der Waals surface area contributed by atoms with E-state index in [1.807, 2.05) is 33.2 Å². The molecule has 0 saturated carbocycles. The van der Waals surface area contributed by atoms with Gasteiger partial charge in [-0.05, 0) is 76.9 Å². The summed E-state index contributed by atoms with van der Waals surface area (Å²) in [6.45, 7) is 11.1. The fourth-order valence-electron chi connectivity index (χ4n) is 4.08. The number of rotatable bonds is 4. The number of hydrogen-bond donors (Lipinski definition) is 0. The standard InChI is InChI=1S/C22H27N5O/c1-14-12-23-8-5-19(14)13-27-9-6-18(7-10-27)20-11-21(25-17(4)24-20)22-15(2)26-28-16(22)3/h5,8,11-12,18H,6-7,9-10,13H2,1-4H3. The van der Waals surface area contributed by atoms with Crippen molar-refractivity contribution in [2.24, 2.45) is 0 Å². The molecule has 0 bridgehead atoms. The number of pyridine rings is 1. The van der Waals surface area contributed by atoms with Crippen molar-refractivity contribution < 1.29 is 4.52 Å². The monoisotopic (exact) mass is 377 g/mol. The van der Waals surface area contributed by atoms with E-state index in [9.17, 15) is 0 Å². The molecule has 0 aliphatic carbocycles. The summed E-state index contributed by atoms with van der Waals surface area (Å²) in [6.07, 6.45) is 6.06. The zero-order valence-corrected chi connectivity index (χ0v) is 17.1. The lowest BCUT2D eigenvalue weighted by molar-refractivity contribution is 0.203. The van der Waals surface area contributed by atoms with E-state index in [-0.39, 0.29) is 0 Å². The van der Waals surface area contributed by atoms with E-state index >= 15 is 0 Å². The lowest BCUT2D eigenvalue weighted by atomic mass is 9.92. The zero-order valence-electron chi connectivity index (χ0n) is 17.1. The third-order valence-corrected chi connectivity index (χ3v) is 5.68. The van der Waals surface area contributed by atoms with Gasteiger partial charge in [0, 0.05) is 30.6 Å². The predicted octanol–water partition coefficient (Wildman–Crippen LogP) is 4.14. The van der Waals surface area contributed by atoms with E-state index in [2.05, 4.69) is 39.1 Å². The topological polar surface area (TPSA) is 67.9 Å². The molecule has 1 fully saturated rings. The van der Waals surface area contributed by atoms with Crippen LogP contribution in [0.15, 0.2) is 29.0 Å². The van der Waals surface area contributed by atoms with Crippen LogP contribution in [0.3, 0.4) is 0 Å². The largest absolute Gasteiger partial charge is 0.361 e. The Kier molecular flexibility index (Phi) is 5.22. The molecular weight excluding hydrogens is 350 g/mol. The van der Waals surface area contributed by atoms with Crippen molar-refractivity contribution in [3.8, 4) is 11.3 Å². The Balaban J connectivity index is 1.48. The predicted molar refractivity (Wildman–Crippen MR) is 108 cm³/mol. The summed E-state index contributed by atoms with van der Waals surface area (Å²) in [7, 11) is 0. The maximum Gasteiger partial charge on any atom is 0.143 e. The fourth-order valence-corrected chi connectivity index (χ4v) is 4.08. The second kappa shape index (κ2) is 7.80. The molecule has 146 valence electrons. The average molecular weight is 377 g/mol. The maximum absolute atomic E-state index is 5.33. The molecule has 6 nitrogen and oxygen atoms in total. The maximum atomic E-state index is 5.33. The Morgan fingerprint density at radius 1 is 1.11 bits per heavy atom. The number of nitrogens with zero attached hydrogens (tertiary/aromatic N) is 5. The van der Waals surface area contributed by atoms with Crippen molar-refractivity contribution in [1.82, 2.24) is 25.0 Å². The minimum absolute atomic E-state index is 0.468. The van der Waals surface area contributed by atoms with Gasteiger partial charge in [-0.1, -0.05) is 5.16 Å². The molecule has 3 aromatic rings. The van der Waals surface area contributed by atoms with E-state index in [1.165, 1.54) is 11.1 Å². The van der Waals surface area contributed by atoms with Gasteiger partial charge < -0.3 is 4.52 Å². The van der Waals surface area contributed by atoms with Gasteiger partial charge in [0.1, 0.15) is 11.6 Å². The summed E-state index contributed by atoms with van der Waals surface area (Å²) in [6, 6.07) is 4.26. The quantitative estimate of drug-likeness (QED) is 0.681. The Morgan fingerprint density at radius 3 is 2.57 bits per heavy atom. The van der Waals surface area contributed by atoms with E-state index in [1.54, 1.807) is 0 Å². The summed E-state index contributed by atoms with van der Waals surface area (Å²) in [5, 5.41) is 4.07. The second-order valence-electron chi connectivity index (χ2n) is 7.78. The number of aromatic nitrogens is 4. The average Bonchev–Trinajstić information content (AvgIpc) is 3.02. The third-order valence-electron chi connectivity index (χ3n) is 5.68. The van der Waals surface area contributed by atoms with Crippen LogP contribution in [0.1, 0.15) is 52.9 Å². The van der Waals surface area contributed by atoms with Crippen LogP contribution >= 0.6 is 0 Å². The first-order valence-corrected chi connectivity index (χ1v) is 9.92. The van der Waals surface area contributed by atoms with Crippen molar-refractivity contribution in [3.05, 3.63) is 58.6 Å². The molecule has 0 unspecified atom stereocenters. The Bertz CT molecular complexity index is 953. The minimum Gasteiger partial charge on any atom is -0.361 e. The summed E-state index contributed by atoms with van der Waals surface area (Å²) in [5.41, 5.74) is 6.57. The van der Waals surface area contributed by atoms with Crippen LogP contribution in [0.2, 0.25) is 0 Å². The van der Waals surface area contributed by atoms with Crippen molar-refractivity contribution in [2.45, 2.75) is 53.0 Å². The summed E-state index contributed by atoms with van der Waals surface area (Å²) in [5.74, 6) is 2.09. The van der Waals surface area contributed by atoms with Gasteiger partial charge in [0.2, 0.25) is 0 Å². The van der Waals surface area contributed by atoms with Crippen LogP contribution in [0.5, 0.6) is 0 Å². The van der Waals surface area contributed by atoms with Crippen molar-refractivity contribution in [1.29, 1.82) is 0 Å². The molecule has 28 heavy (non-hydrogen) atoms. The second-order valence-corrected chi connectivity index (χ2v) is 7.78. The van der Waals surface area contributed by atoms with Crippen molar-refractivity contribution in [2.75, 3.05) is 13.1 Å². The van der Waals surface area contributed by atoms with Crippen LogP contribution < -0.4 is 0 Å². The van der Waals surface area contributed by atoms with Crippen molar-refractivity contribution >= 4 is 0 Å². The van der Waals surface area contributed by atoms with Gasteiger partial charge in [-0.3, -0.25) is 9.88 Å². The lowest BCUT2D eigenvalue weighted by Crippen LogP contribution is -2.33. The Labute approximate surface area is 166 Å². The van der Waals surface area contributed by atoms with Gasteiger partial charge in [-0.15, -0.1) is 0 Å². The molecule has 0 amide bonds. The highest BCUT2D eigenvalue weighted by Gasteiger charge is 2.24. The van der Waals surface area contributed by atoms with Gasteiger partial charge in [0.05, 0.1) is 17.0 Å². The van der Waals surface area contributed by atoms with Crippen LogP contribution in [0.4, 0.5) is 0 Å². The Morgan fingerprint density at radius 2 is 1.89 bits per heavy atom. The van der Waals surface area contributed by atoms with Gasteiger partial charge in [-0.2, -0.15) is 0 Å². The van der Waals surface area contributed by atoms with Crippen LogP contribution in [0.25, 0.3) is 11.3 Å². The van der Waals surface area contributed by atoms with Gasteiger partial charge in [-0.25, -0.2) is 9.97 Å². The smallest absolute Gasteiger partial charge is 0.143 e. The third kappa shape index (κ3) is 3.83. The van der Waals surface area contributed by atoms with Gasteiger partial charge in [0.15, 0.2) is 0 Å². The van der Waals surface area contributed by atoms with E-state index in [4.69, 9.17) is 9.51 Å². The highest BCUT2D eigenvalue weighted by atomic mass is 16.5. The minimum atomic E-state index is 0.468. The van der Waals surface area contributed by atoms with Crippen molar-refractivity contribution in [3.63, 3.8) is 0 Å². The summed E-state index contributed by atoms with van der Waals surface area (Å²) in [4.78, 5) is 16.1. The Hall–Kier alpha value is -2.60. The van der Waals surface area contributed by atoms with E-state index in [0.29, 0.717) is 5.92 Å². The van der Waals surface area contributed by atoms with E-state index < -0.39 is 0 Å². The number of likely N-dealkylation sites (tertiary alicyclic amines) is 1. The molecule has 0 radical (unpaired) electrons. The molecule has 0 spiro atoms. The molecule has 0 aromatic carbocycles. The van der Waals surface area contributed by atoms with Crippen LogP contribution in [-0.2, 0) is 6.54 Å². The summed E-state index contributed by atoms with van der Waals surface area (Å²) >= 11 is 0. The van der Waals surface area contributed by atoms with Crippen LogP contribution in [0, 0.1) is 27.7 Å². The molecular formula is C22H27N5O. The fraction of sp³-hybridized carbons (Fsp3) is 0.455. The molecule has 1 saturated heterocycles. The first-order valence-electron chi connectivity index (χ1n) is 9.92. The highest BCUT2D eigenvalue weighted by Crippen LogP contribution is 2.31. The number of hydrogen-bond acceptors (Lipinski definition) is 6. The normalized spacial score (nSPS) is 15.9.